The van der Waals surface area contributed by atoms with E-state index in [1.807, 2.05) is 24.3 Å². The molecule has 0 bridgehead atoms. The van der Waals surface area contributed by atoms with Gasteiger partial charge in [0.05, 0.1) is 12.0 Å². The molecule has 0 unspecified atom stereocenters. The summed E-state index contributed by atoms with van der Waals surface area (Å²) in [6, 6.07) is 16.3. The van der Waals surface area contributed by atoms with Gasteiger partial charge < -0.3 is 0 Å². The van der Waals surface area contributed by atoms with E-state index in [1.165, 1.54) is 5.56 Å². The van der Waals surface area contributed by atoms with Crippen molar-refractivity contribution in [1.82, 2.24) is 19.4 Å². The van der Waals surface area contributed by atoms with Crippen LogP contribution < -0.4 is 5.56 Å². The van der Waals surface area contributed by atoms with E-state index in [-0.39, 0.29) is 5.56 Å². The molecule has 132 valence electrons. The van der Waals surface area contributed by atoms with Gasteiger partial charge in [0.1, 0.15) is 0 Å². The number of hydrogen-bond donors (Lipinski definition) is 0. The quantitative estimate of drug-likeness (QED) is 0.712. The Morgan fingerprint density at radius 3 is 2.65 bits per heavy atom. The van der Waals surface area contributed by atoms with E-state index in [4.69, 9.17) is 0 Å². The number of pyridine rings is 1. The molecule has 26 heavy (non-hydrogen) atoms. The van der Waals surface area contributed by atoms with E-state index in [0.29, 0.717) is 6.54 Å². The first-order valence-electron chi connectivity index (χ1n) is 9.03. The summed E-state index contributed by atoms with van der Waals surface area (Å²) in [6.07, 6.45) is 4.97. The lowest BCUT2D eigenvalue weighted by Gasteiger charge is -2.27. The molecule has 3 heterocycles. The number of hydrogen-bond acceptors (Lipinski definition) is 4. The van der Waals surface area contributed by atoms with Crippen molar-refractivity contribution in [3.05, 3.63) is 93.9 Å². The number of aryl methyl sites for hydroxylation is 2. The zero-order valence-electron chi connectivity index (χ0n) is 14.7. The zero-order valence-corrected chi connectivity index (χ0v) is 14.7. The molecule has 0 saturated carbocycles. The van der Waals surface area contributed by atoms with E-state index in [9.17, 15) is 4.79 Å². The van der Waals surface area contributed by atoms with Gasteiger partial charge in [-0.2, -0.15) is 0 Å². The van der Waals surface area contributed by atoms with E-state index >= 15 is 0 Å². The van der Waals surface area contributed by atoms with E-state index in [1.54, 1.807) is 17.1 Å². The summed E-state index contributed by atoms with van der Waals surface area (Å²) in [5.74, 6) is 0. The van der Waals surface area contributed by atoms with Crippen molar-refractivity contribution in [2.45, 2.75) is 32.5 Å². The summed E-state index contributed by atoms with van der Waals surface area (Å²) < 4.78 is 1.72. The van der Waals surface area contributed by atoms with Crippen molar-refractivity contribution in [3.63, 3.8) is 0 Å². The van der Waals surface area contributed by atoms with Gasteiger partial charge >= 0.3 is 0 Å². The topological polar surface area (TPSA) is 51.0 Å². The maximum Gasteiger partial charge on any atom is 0.256 e. The summed E-state index contributed by atoms with van der Waals surface area (Å²) in [4.78, 5) is 24.0. The van der Waals surface area contributed by atoms with Gasteiger partial charge in [0.15, 0.2) is 0 Å². The molecular formula is C21H22N4O. The molecule has 0 fully saturated rings. The summed E-state index contributed by atoms with van der Waals surface area (Å²) >= 11 is 0. The largest absolute Gasteiger partial charge is 0.299 e. The van der Waals surface area contributed by atoms with E-state index in [2.05, 4.69) is 39.1 Å². The van der Waals surface area contributed by atoms with Crippen LogP contribution in [0.15, 0.2) is 65.8 Å². The fourth-order valence-corrected chi connectivity index (χ4v) is 3.43. The van der Waals surface area contributed by atoms with Crippen molar-refractivity contribution < 1.29 is 0 Å². The minimum absolute atomic E-state index is 0.102. The predicted octanol–water partition coefficient (Wildman–Crippen LogP) is 2.44. The van der Waals surface area contributed by atoms with Gasteiger partial charge in [-0.3, -0.25) is 19.2 Å². The maximum absolute atomic E-state index is 12.8. The Bertz CT molecular complexity index is 922. The lowest BCUT2D eigenvalue weighted by molar-refractivity contribution is 0.239. The summed E-state index contributed by atoms with van der Waals surface area (Å²) in [6.45, 7) is 3.14. The Morgan fingerprint density at radius 2 is 1.85 bits per heavy atom. The third-order valence-corrected chi connectivity index (χ3v) is 4.86. The fraction of sp³-hybridized carbons (Fsp3) is 0.286. The molecule has 5 nitrogen and oxygen atoms in total. The molecule has 2 aromatic heterocycles. The molecular weight excluding hydrogens is 324 g/mol. The van der Waals surface area contributed by atoms with Crippen LogP contribution in [0, 0.1) is 0 Å². The van der Waals surface area contributed by atoms with Gasteiger partial charge in [0, 0.05) is 50.1 Å². The molecule has 0 N–H and O–H groups in total. The van der Waals surface area contributed by atoms with Crippen molar-refractivity contribution >= 4 is 0 Å². The maximum atomic E-state index is 12.8. The van der Waals surface area contributed by atoms with E-state index < -0.39 is 0 Å². The number of aromatic nitrogens is 3. The van der Waals surface area contributed by atoms with Crippen LogP contribution >= 0.6 is 0 Å². The van der Waals surface area contributed by atoms with Crippen molar-refractivity contribution in [1.29, 1.82) is 0 Å². The van der Waals surface area contributed by atoms with Crippen molar-refractivity contribution in [3.8, 4) is 0 Å². The minimum atomic E-state index is 0.102. The van der Waals surface area contributed by atoms with Gasteiger partial charge in [-0.1, -0.05) is 36.4 Å². The van der Waals surface area contributed by atoms with Crippen LogP contribution in [0.3, 0.4) is 0 Å². The molecule has 0 aliphatic carbocycles. The fourth-order valence-electron chi connectivity index (χ4n) is 3.43. The van der Waals surface area contributed by atoms with Crippen molar-refractivity contribution in [2.24, 2.45) is 0 Å². The monoisotopic (exact) mass is 346 g/mol. The molecule has 0 saturated heterocycles. The number of rotatable bonds is 5. The van der Waals surface area contributed by atoms with Gasteiger partial charge in [0.2, 0.25) is 0 Å². The first-order chi connectivity index (χ1) is 12.8. The van der Waals surface area contributed by atoms with Crippen LogP contribution in [0.4, 0.5) is 0 Å². The third kappa shape index (κ3) is 3.73. The second-order valence-electron chi connectivity index (χ2n) is 6.69. The average molecular weight is 346 g/mol. The molecule has 4 rings (SSSR count). The second-order valence-corrected chi connectivity index (χ2v) is 6.69. The van der Waals surface area contributed by atoms with Gasteiger partial charge in [-0.05, 0) is 24.1 Å². The zero-order chi connectivity index (χ0) is 17.8. The Morgan fingerprint density at radius 1 is 1.00 bits per heavy atom. The number of benzene rings is 1. The minimum Gasteiger partial charge on any atom is -0.299 e. The predicted molar refractivity (Wildman–Crippen MR) is 101 cm³/mol. The smallest absolute Gasteiger partial charge is 0.256 e. The van der Waals surface area contributed by atoms with Crippen LogP contribution in [0.25, 0.3) is 0 Å². The number of fused-ring (bicyclic) bond motifs is 1. The van der Waals surface area contributed by atoms with Crippen LogP contribution in [0.5, 0.6) is 0 Å². The van der Waals surface area contributed by atoms with Gasteiger partial charge in [0.25, 0.3) is 5.56 Å². The second kappa shape index (κ2) is 7.62. The van der Waals surface area contributed by atoms with Crippen LogP contribution in [0.1, 0.15) is 22.5 Å². The molecule has 0 atom stereocenters. The van der Waals surface area contributed by atoms with Crippen LogP contribution in [-0.4, -0.2) is 26.0 Å². The highest BCUT2D eigenvalue weighted by Gasteiger charge is 2.21. The highest BCUT2D eigenvalue weighted by molar-refractivity contribution is 5.21. The summed E-state index contributed by atoms with van der Waals surface area (Å²) in [7, 11) is 0. The lowest BCUT2D eigenvalue weighted by Crippen LogP contribution is -2.37. The Hall–Kier alpha value is -2.79. The van der Waals surface area contributed by atoms with Crippen LogP contribution in [0.2, 0.25) is 0 Å². The lowest BCUT2D eigenvalue weighted by atomic mass is 10.1. The SMILES string of the molecule is O=c1c2c(ncn1CCc1ccccn1)CN(Cc1ccccc1)CC2. The number of nitrogens with zero attached hydrogens (tertiary/aromatic N) is 4. The van der Waals surface area contributed by atoms with Gasteiger partial charge in [-0.25, -0.2) is 4.98 Å². The first-order valence-corrected chi connectivity index (χ1v) is 9.03. The first kappa shape index (κ1) is 16.7. The van der Waals surface area contributed by atoms with Crippen molar-refractivity contribution in [2.75, 3.05) is 6.54 Å². The van der Waals surface area contributed by atoms with Crippen LogP contribution in [-0.2, 0) is 32.5 Å². The molecule has 0 amide bonds. The Labute approximate surface area is 153 Å². The summed E-state index contributed by atoms with van der Waals surface area (Å²) in [5.41, 5.74) is 4.18. The highest BCUT2D eigenvalue weighted by Crippen LogP contribution is 2.16. The molecule has 0 spiro atoms. The average Bonchev–Trinajstić information content (AvgIpc) is 2.69. The molecule has 1 aliphatic heterocycles. The molecule has 3 aromatic rings. The third-order valence-electron chi connectivity index (χ3n) is 4.86. The standard InChI is InChI=1S/C21H22N4O/c26-21-19-10-12-24(14-17-6-2-1-3-7-17)15-20(19)23-16-25(21)13-9-18-8-4-5-11-22-18/h1-8,11,16H,9-10,12-15H2. The Kier molecular flexibility index (Phi) is 4.88. The normalized spacial score (nSPS) is 14.2. The van der Waals surface area contributed by atoms with E-state index in [0.717, 1.165) is 49.4 Å². The van der Waals surface area contributed by atoms with Gasteiger partial charge in [-0.15, -0.1) is 0 Å². The summed E-state index contributed by atoms with van der Waals surface area (Å²) in [5, 5.41) is 0. The highest BCUT2D eigenvalue weighted by atomic mass is 16.1. The molecule has 1 aliphatic rings. The molecule has 0 radical (unpaired) electrons. The Balaban J connectivity index is 1.46. The molecule has 5 heteroatoms. The molecule has 1 aromatic carbocycles.